The minimum absolute atomic E-state index is 0.0111. The van der Waals surface area contributed by atoms with Gasteiger partial charge in [-0.1, -0.05) is 106 Å². The van der Waals surface area contributed by atoms with Crippen LogP contribution < -0.4 is 14.8 Å². The van der Waals surface area contributed by atoms with Crippen molar-refractivity contribution in [1.82, 2.24) is 15.6 Å². The summed E-state index contributed by atoms with van der Waals surface area (Å²) in [5, 5.41) is 11.6. The molecule has 2 aromatic rings. The number of unbranched alkanes of at least 4 members (excludes halogenated alkanes) is 14. The summed E-state index contributed by atoms with van der Waals surface area (Å²) in [5.41, 5.74) is 0. The van der Waals surface area contributed by atoms with Crippen molar-refractivity contribution in [3.63, 3.8) is 0 Å². The molecular weight excluding hydrogens is 590 g/mol. The Morgan fingerprint density at radius 3 is 2.10 bits per heavy atom. The molecule has 0 aliphatic rings. The largest absolute Gasteiger partial charge is 0.471 e. The number of alkyl carbamates (subject to hydrolysis) is 1. The lowest BCUT2D eigenvalue weighted by atomic mass is 10.0. The van der Waals surface area contributed by atoms with Crippen molar-refractivity contribution < 1.29 is 28.1 Å². The maximum absolute atomic E-state index is 12.1. The van der Waals surface area contributed by atoms with Gasteiger partial charge in [0.25, 0.3) is 11.8 Å². The number of alkyl halides is 1. The van der Waals surface area contributed by atoms with E-state index < -0.39 is 12.2 Å². The van der Waals surface area contributed by atoms with E-state index in [-0.39, 0.29) is 13.2 Å². The summed E-state index contributed by atoms with van der Waals surface area (Å²) in [5.74, 6) is 2.12. The topological polar surface area (TPSA) is 109 Å². The molecule has 0 aliphatic carbocycles. The molecular formula is C31H52BrN3O6. The van der Waals surface area contributed by atoms with Gasteiger partial charge in [0.2, 0.25) is 0 Å². The molecule has 1 N–H and O–H groups in total. The highest BCUT2D eigenvalue weighted by Gasteiger charge is 2.18. The van der Waals surface area contributed by atoms with Crippen LogP contribution in [0.15, 0.2) is 21.2 Å². The van der Waals surface area contributed by atoms with Crippen LogP contribution in [0.2, 0.25) is 0 Å². The fourth-order valence-corrected chi connectivity index (χ4v) is 4.86. The third kappa shape index (κ3) is 18.0. The SMILES string of the molecule is CCCCCCCCCCCCCCCc1cc(OC[C@@H](COC(=O)NCCCCCBr)Oc2cc(C)on2)no1. The number of ether oxygens (including phenoxy) is 3. The van der Waals surface area contributed by atoms with Crippen LogP contribution in [0.5, 0.6) is 11.8 Å². The molecule has 0 unspecified atom stereocenters. The predicted molar refractivity (Wildman–Crippen MR) is 164 cm³/mol. The Balaban J connectivity index is 1.60. The highest BCUT2D eigenvalue weighted by Crippen LogP contribution is 2.18. The summed E-state index contributed by atoms with van der Waals surface area (Å²) in [4.78, 5) is 12.1. The second-order valence-electron chi connectivity index (χ2n) is 10.7. The Labute approximate surface area is 254 Å². The summed E-state index contributed by atoms with van der Waals surface area (Å²) in [7, 11) is 0. The molecule has 1 amide bonds. The average molecular weight is 643 g/mol. The van der Waals surface area contributed by atoms with Crippen LogP contribution in [0.4, 0.5) is 4.79 Å². The number of nitrogens with zero attached hydrogens (tertiary/aromatic N) is 2. The molecule has 0 aliphatic heterocycles. The molecule has 0 saturated heterocycles. The fourth-order valence-electron chi connectivity index (χ4n) is 4.47. The lowest BCUT2D eigenvalue weighted by Crippen LogP contribution is -2.34. The third-order valence-corrected chi connectivity index (χ3v) is 7.42. The lowest BCUT2D eigenvalue weighted by molar-refractivity contribution is 0.0472. The van der Waals surface area contributed by atoms with E-state index >= 15 is 0 Å². The number of halogens is 1. The number of carbonyl (C=O) groups is 1. The van der Waals surface area contributed by atoms with E-state index in [1.54, 1.807) is 13.0 Å². The van der Waals surface area contributed by atoms with Gasteiger partial charge in [-0.05, 0) is 36.5 Å². The summed E-state index contributed by atoms with van der Waals surface area (Å²) < 4.78 is 27.5. The van der Waals surface area contributed by atoms with Crippen molar-refractivity contribution in [3.8, 4) is 11.8 Å². The molecule has 0 fully saturated rings. The van der Waals surface area contributed by atoms with E-state index in [4.69, 9.17) is 23.3 Å². The van der Waals surface area contributed by atoms with Gasteiger partial charge in [0.05, 0.1) is 0 Å². The number of rotatable bonds is 26. The monoisotopic (exact) mass is 641 g/mol. The van der Waals surface area contributed by atoms with E-state index in [1.807, 2.05) is 6.07 Å². The predicted octanol–water partition coefficient (Wildman–Crippen LogP) is 8.72. The number of amides is 1. The Bertz CT molecular complexity index is 906. The quantitative estimate of drug-likeness (QED) is 0.0802. The molecule has 1 atom stereocenters. The van der Waals surface area contributed by atoms with Crippen LogP contribution in [-0.4, -0.2) is 47.6 Å². The molecule has 0 radical (unpaired) electrons. The molecule has 0 spiro atoms. The molecule has 9 nitrogen and oxygen atoms in total. The van der Waals surface area contributed by atoms with Crippen molar-refractivity contribution in [2.75, 3.05) is 25.1 Å². The van der Waals surface area contributed by atoms with Crippen LogP contribution in [0.1, 0.15) is 121 Å². The van der Waals surface area contributed by atoms with E-state index in [0.717, 1.165) is 43.2 Å². The number of carbonyl (C=O) groups excluding carboxylic acids is 1. The summed E-state index contributed by atoms with van der Waals surface area (Å²) in [6.45, 7) is 4.71. The fraction of sp³-hybridized carbons (Fsp3) is 0.774. The van der Waals surface area contributed by atoms with Crippen LogP contribution in [-0.2, 0) is 11.2 Å². The van der Waals surface area contributed by atoms with Crippen molar-refractivity contribution in [1.29, 1.82) is 0 Å². The van der Waals surface area contributed by atoms with Gasteiger partial charge in [0.15, 0.2) is 6.10 Å². The van der Waals surface area contributed by atoms with Crippen molar-refractivity contribution in [2.24, 2.45) is 0 Å². The van der Waals surface area contributed by atoms with Crippen molar-refractivity contribution in [2.45, 2.75) is 129 Å². The van der Waals surface area contributed by atoms with Crippen LogP contribution in [0, 0.1) is 6.92 Å². The van der Waals surface area contributed by atoms with Gasteiger partial charge in [-0.2, -0.15) is 0 Å². The molecule has 2 aromatic heterocycles. The first-order valence-corrected chi connectivity index (χ1v) is 16.9. The lowest BCUT2D eigenvalue weighted by Gasteiger charge is -2.17. The highest BCUT2D eigenvalue weighted by atomic mass is 79.9. The zero-order chi connectivity index (χ0) is 29.4. The molecule has 41 heavy (non-hydrogen) atoms. The van der Waals surface area contributed by atoms with Gasteiger partial charge in [-0.3, -0.25) is 0 Å². The first kappa shape index (κ1) is 35.0. The Kier molecular flexibility index (Phi) is 19.9. The van der Waals surface area contributed by atoms with Crippen LogP contribution >= 0.6 is 15.9 Å². The molecule has 2 heterocycles. The second-order valence-corrected chi connectivity index (χ2v) is 11.5. The summed E-state index contributed by atoms with van der Waals surface area (Å²) in [6, 6.07) is 3.49. The molecule has 234 valence electrons. The Morgan fingerprint density at radius 1 is 0.829 bits per heavy atom. The van der Waals surface area contributed by atoms with Gasteiger partial charge in [-0.15, -0.1) is 0 Å². The summed E-state index contributed by atoms with van der Waals surface area (Å²) in [6.07, 6.45) is 20.0. The van der Waals surface area contributed by atoms with Crippen LogP contribution in [0.3, 0.4) is 0 Å². The average Bonchev–Trinajstić information content (AvgIpc) is 3.60. The maximum Gasteiger partial charge on any atom is 0.407 e. The number of hydrogen-bond donors (Lipinski definition) is 1. The maximum atomic E-state index is 12.1. The molecule has 0 aromatic carbocycles. The Morgan fingerprint density at radius 2 is 1.46 bits per heavy atom. The third-order valence-electron chi connectivity index (χ3n) is 6.85. The number of hydrogen-bond acceptors (Lipinski definition) is 8. The van der Waals surface area contributed by atoms with E-state index in [2.05, 4.69) is 38.5 Å². The van der Waals surface area contributed by atoms with Gasteiger partial charge >= 0.3 is 6.09 Å². The normalized spacial score (nSPS) is 11.9. The molecule has 10 heteroatoms. The molecule has 0 saturated carbocycles. The van der Waals surface area contributed by atoms with E-state index in [1.165, 1.54) is 77.0 Å². The minimum Gasteiger partial charge on any atom is -0.471 e. The zero-order valence-corrected chi connectivity index (χ0v) is 26.9. The van der Waals surface area contributed by atoms with Crippen LogP contribution in [0.25, 0.3) is 0 Å². The standard InChI is InChI=1S/C31H52BrN3O6/c1-3-4-5-6-7-8-9-10-11-12-13-14-16-19-27-23-29(34-41-27)37-24-28(39-30-22-26(2)40-35-30)25-38-31(36)33-21-18-15-17-20-32/h22-23,28H,3-21,24-25H2,1-2H3,(H,33,36)/t28-/m0/s1. The summed E-state index contributed by atoms with van der Waals surface area (Å²) >= 11 is 3.41. The first-order valence-electron chi connectivity index (χ1n) is 15.8. The van der Waals surface area contributed by atoms with Gasteiger partial charge in [0.1, 0.15) is 24.7 Å². The van der Waals surface area contributed by atoms with Crippen molar-refractivity contribution in [3.05, 3.63) is 23.7 Å². The zero-order valence-electron chi connectivity index (χ0n) is 25.3. The minimum atomic E-state index is -0.597. The Hall–Kier alpha value is -2.23. The highest BCUT2D eigenvalue weighted by molar-refractivity contribution is 9.09. The number of aryl methyl sites for hydroxylation is 2. The number of nitrogens with one attached hydrogen (secondary N) is 1. The van der Waals surface area contributed by atoms with Gasteiger partial charge in [-0.25, -0.2) is 4.79 Å². The van der Waals surface area contributed by atoms with E-state index in [9.17, 15) is 4.79 Å². The number of aromatic nitrogens is 2. The smallest absolute Gasteiger partial charge is 0.407 e. The molecule has 0 bridgehead atoms. The van der Waals surface area contributed by atoms with Gasteiger partial charge in [0, 0.05) is 30.4 Å². The van der Waals surface area contributed by atoms with Crippen molar-refractivity contribution >= 4 is 22.0 Å². The molecule has 2 rings (SSSR count). The first-order chi connectivity index (χ1) is 20.1. The second kappa shape index (κ2) is 23.3. The van der Waals surface area contributed by atoms with E-state index in [0.29, 0.717) is 24.1 Å². The van der Waals surface area contributed by atoms with Gasteiger partial charge < -0.3 is 28.6 Å².